The van der Waals surface area contributed by atoms with E-state index in [2.05, 4.69) is 30.8 Å². The number of nitrogens with zero attached hydrogens (tertiary/aromatic N) is 4. The molecule has 1 unspecified atom stereocenters. The number of imidazole rings is 1. The molecular weight excluding hydrogens is 302 g/mol. The van der Waals surface area contributed by atoms with Crippen LogP contribution in [-0.2, 0) is 11.2 Å². The van der Waals surface area contributed by atoms with Gasteiger partial charge in [0.1, 0.15) is 5.65 Å². The Labute approximate surface area is 142 Å². The summed E-state index contributed by atoms with van der Waals surface area (Å²) in [5.41, 5.74) is 2.46. The Morgan fingerprint density at radius 1 is 1.42 bits per heavy atom. The molecule has 4 heterocycles. The van der Waals surface area contributed by atoms with Gasteiger partial charge >= 0.3 is 0 Å². The summed E-state index contributed by atoms with van der Waals surface area (Å²) in [6, 6.07) is 6.07. The minimum Gasteiger partial charge on any atom is -0.381 e. The lowest BCUT2D eigenvalue weighted by Crippen LogP contribution is -2.42. The van der Waals surface area contributed by atoms with Crippen LogP contribution in [0.3, 0.4) is 0 Å². The van der Waals surface area contributed by atoms with Crippen molar-refractivity contribution in [2.24, 2.45) is 10.4 Å². The molecule has 2 aliphatic rings. The minimum atomic E-state index is 0.360. The van der Waals surface area contributed by atoms with E-state index in [0.29, 0.717) is 5.41 Å². The molecular formula is C18H25N5O. The van der Waals surface area contributed by atoms with Crippen LogP contribution in [0.25, 0.3) is 5.65 Å². The fourth-order valence-corrected chi connectivity index (χ4v) is 3.83. The molecule has 2 aliphatic heterocycles. The van der Waals surface area contributed by atoms with Crippen LogP contribution >= 0.6 is 0 Å². The van der Waals surface area contributed by atoms with E-state index in [4.69, 9.17) is 4.74 Å². The van der Waals surface area contributed by atoms with E-state index >= 15 is 0 Å². The van der Waals surface area contributed by atoms with E-state index in [1.807, 2.05) is 31.4 Å². The summed E-state index contributed by atoms with van der Waals surface area (Å²) < 4.78 is 7.68. The van der Waals surface area contributed by atoms with Gasteiger partial charge in [-0.2, -0.15) is 0 Å². The van der Waals surface area contributed by atoms with Crippen LogP contribution < -0.4 is 5.32 Å². The van der Waals surface area contributed by atoms with Crippen molar-refractivity contribution in [2.45, 2.75) is 19.3 Å². The van der Waals surface area contributed by atoms with Gasteiger partial charge in [0.2, 0.25) is 0 Å². The smallest absolute Gasteiger partial charge is 0.193 e. The molecule has 0 aliphatic carbocycles. The summed E-state index contributed by atoms with van der Waals surface area (Å²) >= 11 is 0. The summed E-state index contributed by atoms with van der Waals surface area (Å²) in [6.45, 7) is 4.78. The number of likely N-dealkylation sites (tertiary alicyclic amines) is 1. The first kappa shape index (κ1) is 15.4. The summed E-state index contributed by atoms with van der Waals surface area (Å²) in [5, 5.41) is 3.50. The fourth-order valence-electron chi connectivity index (χ4n) is 3.83. The number of hydrogen-bond donors (Lipinski definition) is 1. The molecule has 0 saturated carbocycles. The number of hydrogen-bond acceptors (Lipinski definition) is 3. The average molecular weight is 327 g/mol. The third-order valence-electron chi connectivity index (χ3n) is 5.21. The summed E-state index contributed by atoms with van der Waals surface area (Å²) in [7, 11) is 1.86. The Hall–Kier alpha value is -2.08. The van der Waals surface area contributed by atoms with E-state index in [9.17, 15) is 0 Å². The molecule has 2 aromatic rings. The highest BCUT2D eigenvalue weighted by molar-refractivity contribution is 5.80. The predicted octanol–water partition coefficient (Wildman–Crippen LogP) is 1.56. The molecule has 4 rings (SSSR count). The number of ether oxygens (including phenoxy) is 1. The van der Waals surface area contributed by atoms with Gasteiger partial charge in [-0.3, -0.25) is 4.99 Å². The first-order chi connectivity index (χ1) is 11.8. The second-order valence-electron chi connectivity index (χ2n) is 6.90. The number of guanidine groups is 1. The van der Waals surface area contributed by atoms with Gasteiger partial charge in [-0.05, 0) is 25.0 Å². The predicted molar refractivity (Wildman–Crippen MR) is 94.3 cm³/mol. The normalized spacial score (nSPS) is 24.4. The Kier molecular flexibility index (Phi) is 4.14. The second kappa shape index (κ2) is 6.43. The molecule has 6 heteroatoms. The summed E-state index contributed by atoms with van der Waals surface area (Å²) in [4.78, 5) is 11.5. The van der Waals surface area contributed by atoms with Crippen LogP contribution in [0.4, 0.5) is 0 Å². The fraction of sp³-hybridized carbons (Fsp3) is 0.556. The number of aromatic nitrogens is 2. The van der Waals surface area contributed by atoms with Crippen LogP contribution in [0.2, 0.25) is 0 Å². The topological polar surface area (TPSA) is 54.2 Å². The SMILES string of the molecule is CN=C(NCCc1cn2ccccc2n1)N1CCC2(CCOC2)C1. The van der Waals surface area contributed by atoms with Gasteiger partial charge in [0.25, 0.3) is 0 Å². The van der Waals surface area contributed by atoms with Gasteiger partial charge in [-0.15, -0.1) is 0 Å². The maximum absolute atomic E-state index is 5.61. The lowest BCUT2D eigenvalue weighted by atomic mass is 9.87. The molecule has 24 heavy (non-hydrogen) atoms. The highest BCUT2D eigenvalue weighted by Crippen LogP contribution is 2.38. The molecule has 1 N–H and O–H groups in total. The van der Waals surface area contributed by atoms with Crippen LogP contribution in [0, 0.1) is 5.41 Å². The van der Waals surface area contributed by atoms with Crippen LogP contribution in [0.1, 0.15) is 18.5 Å². The number of fused-ring (bicyclic) bond motifs is 1. The Morgan fingerprint density at radius 3 is 3.17 bits per heavy atom. The van der Waals surface area contributed by atoms with Crippen molar-refractivity contribution in [3.63, 3.8) is 0 Å². The molecule has 128 valence electrons. The zero-order valence-electron chi connectivity index (χ0n) is 14.2. The first-order valence-electron chi connectivity index (χ1n) is 8.74. The third-order valence-corrected chi connectivity index (χ3v) is 5.21. The maximum atomic E-state index is 5.61. The second-order valence-corrected chi connectivity index (χ2v) is 6.90. The zero-order chi connectivity index (χ0) is 16.4. The van der Waals surface area contributed by atoms with Crippen molar-refractivity contribution < 1.29 is 4.74 Å². The molecule has 6 nitrogen and oxygen atoms in total. The molecule has 0 amide bonds. The van der Waals surface area contributed by atoms with Gasteiger partial charge in [0, 0.05) is 57.5 Å². The van der Waals surface area contributed by atoms with Gasteiger partial charge in [-0.1, -0.05) is 6.07 Å². The van der Waals surface area contributed by atoms with Gasteiger partial charge in [0.05, 0.1) is 12.3 Å². The zero-order valence-corrected chi connectivity index (χ0v) is 14.2. The molecule has 1 spiro atoms. The summed E-state index contributed by atoms with van der Waals surface area (Å²) in [6.07, 6.45) is 7.41. The molecule has 0 bridgehead atoms. The number of pyridine rings is 1. The van der Waals surface area contributed by atoms with Crippen molar-refractivity contribution >= 4 is 11.6 Å². The van der Waals surface area contributed by atoms with E-state index in [1.54, 1.807) is 0 Å². The summed E-state index contributed by atoms with van der Waals surface area (Å²) in [5.74, 6) is 1.00. The van der Waals surface area contributed by atoms with Crippen LogP contribution in [0.15, 0.2) is 35.6 Å². The van der Waals surface area contributed by atoms with Crippen molar-refractivity contribution in [3.8, 4) is 0 Å². The number of aliphatic imine (C=N–C) groups is 1. The largest absolute Gasteiger partial charge is 0.381 e. The molecule has 0 aromatic carbocycles. The molecule has 2 fully saturated rings. The van der Waals surface area contributed by atoms with Gasteiger partial charge in [0.15, 0.2) is 5.96 Å². The van der Waals surface area contributed by atoms with Gasteiger partial charge in [-0.25, -0.2) is 4.98 Å². The minimum absolute atomic E-state index is 0.360. The van der Waals surface area contributed by atoms with E-state index in [1.165, 1.54) is 12.8 Å². The molecule has 1 atom stereocenters. The molecule has 2 saturated heterocycles. The van der Waals surface area contributed by atoms with Crippen molar-refractivity contribution in [1.82, 2.24) is 19.6 Å². The Balaban J connectivity index is 1.32. The Morgan fingerprint density at radius 2 is 2.38 bits per heavy atom. The third kappa shape index (κ3) is 2.98. The van der Waals surface area contributed by atoms with Gasteiger partial charge < -0.3 is 19.4 Å². The van der Waals surface area contributed by atoms with E-state index in [-0.39, 0.29) is 0 Å². The van der Waals surface area contributed by atoms with Crippen molar-refractivity contribution in [1.29, 1.82) is 0 Å². The van der Waals surface area contributed by atoms with Crippen molar-refractivity contribution in [3.05, 3.63) is 36.3 Å². The maximum Gasteiger partial charge on any atom is 0.193 e. The number of rotatable bonds is 3. The van der Waals surface area contributed by atoms with Crippen molar-refractivity contribution in [2.75, 3.05) is 39.9 Å². The highest BCUT2D eigenvalue weighted by atomic mass is 16.5. The lowest BCUT2D eigenvalue weighted by Gasteiger charge is -2.24. The highest BCUT2D eigenvalue weighted by Gasteiger charge is 2.42. The van der Waals surface area contributed by atoms with E-state index < -0.39 is 0 Å². The van der Waals surface area contributed by atoms with Crippen LogP contribution in [-0.4, -0.2) is 60.1 Å². The first-order valence-corrected chi connectivity index (χ1v) is 8.74. The van der Waals surface area contributed by atoms with E-state index in [0.717, 1.165) is 56.6 Å². The van der Waals surface area contributed by atoms with Crippen LogP contribution in [0.5, 0.6) is 0 Å². The number of nitrogens with one attached hydrogen (secondary N) is 1. The standard InChI is InChI=1S/C18H25N5O/c1-19-17(23-10-6-18(13-23)7-11-24-14-18)20-8-5-15-12-22-9-3-2-4-16(22)21-15/h2-4,9,12H,5-8,10-11,13-14H2,1H3,(H,19,20). The lowest BCUT2D eigenvalue weighted by molar-refractivity contribution is 0.156. The quantitative estimate of drug-likeness (QED) is 0.687. The molecule has 0 radical (unpaired) electrons. The monoisotopic (exact) mass is 327 g/mol. The Bertz CT molecular complexity index is 699. The molecule has 2 aromatic heterocycles. The average Bonchev–Trinajstić information content (AvgIpc) is 3.32.